The standard InChI is InChI=1S/C53H75ClO6/c1-33(2)44-39(55)31-53(27-21-37-18-15-35(24-30-58-37)34-13-16-36(54)17-14-34)29-28-51(11)38(45(44)53)19-20-41-50(10)25-23-42(49(8,9)40(50)22-26-52(41,51)12)59-43(56)32-48(6,7)46(57)60-47(3,4)5/h13-17,24,33,38,40-43,56H,19-23,25-32H2,1-12H3. The van der Waals surface area contributed by atoms with Crippen LogP contribution in [0, 0.1) is 56.2 Å². The minimum atomic E-state index is -1.05. The van der Waals surface area contributed by atoms with E-state index >= 15 is 0 Å². The van der Waals surface area contributed by atoms with Crippen LogP contribution in [0.2, 0.25) is 5.02 Å². The Morgan fingerprint density at radius 1 is 0.933 bits per heavy atom. The summed E-state index contributed by atoms with van der Waals surface area (Å²) >= 11 is 6.17. The van der Waals surface area contributed by atoms with Crippen molar-refractivity contribution >= 4 is 28.9 Å². The molecule has 9 unspecified atom stereocenters. The topological polar surface area (TPSA) is 82.1 Å². The fraction of sp³-hybridized carbons (Fsp3) is 0.717. The summed E-state index contributed by atoms with van der Waals surface area (Å²) in [7, 11) is 0. The minimum absolute atomic E-state index is 0.0871. The summed E-state index contributed by atoms with van der Waals surface area (Å²) < 4.78 is 18.6. The zero-order valence-corrected chi connectivity index (χ0v) is 39.7. The van der Waals surface area contributed by atoms with Crippen molar-refractivity contribution < 1.29 is 28.9 Å². The summed E-state index contributed by atoms with van der Waals surface area (Å²) in [6.45, 7) is 26.9. The van der Waals surface area contributed by atoms with E-state index in [-0.39, 0.29) is 51.5 Å². The second-order valence-electron chi connectivity index (χ2n) is 23.2. The number of benzene rings is 1. The summed E-state index contributed by atoms with van der Waals surface area (Å²) in [5, 5.41) is 12.1. The van der Waals surface area contributed by atoms with Gasteiger partial charge >= 0.3 is 5.97 Å². The van der Waals surface area contributed by atoms with Crippen molar-refractivity contribution in [1.29, 1.82) is 0 Å². The molecule has 6 nitrogen and oxygen atoms in total. The molecule has 1 aromatic rings. The number of esters is 1. The smallest absolute Gasteiger partial charge is 0.312 e. The highest BCUT2D eigenvalue weighted by Gasteiger charge is 2.70. The molecular formula is C53H75ClO6. The predicted molar refractivity (Wildman–Crippen MR) is 241 cm³/mol. The molecule has 0 spiro atoms. The Hall–Kier alpha value is -2.63. The maximum Gasteiger partial charge on any atom is 0.312 e. The van der Waals surface area contributed by atoms with Crippen LogP contribution in [0.4, 0.5) is 0 Å². The molecule has 9 atom stereocenters. The molecule has 0 radical (unpaired) electrons. The molecule has 0 saturated heterocycles. The maximum absolute atomic E-state index is 14.3. The van der Waals surface area contributed by atoms with Crippen molar-refractivity contribution in [2.75, 3.05) is 6.61 Å². The predicted octanol–water partition coefficient (Wildman–Crippen LogP) is 13.0. The van der Waals surface area contributed by atoms with E-state index in [4.69, 9.17) is 25.8 Å². The number of fused-ring (bicyclic) bond motifs is 7. The molecule has 1 N–H and O–H groups in total. The first-order valence-corrected chi connectivity index (χ1v) is 23.6. The molecule has 0 amide bonds. The van der Waals surface area contributed by atoms with Gasteiger partial charge in [-0.1, -0.05) is 83.5 Å². The normalized spacial score (nSPS) is 35.6. The molecular weight excluding hydrogens is 768 g/mol. The van der Waals surface area contributed by atoms with Gasteiger partial charge in [0, 0.05) is 24.3 Å². The maximum atomic E-state index is 14.3. The molecule has 7 rings (SSSR count). The number of carbonyl (C=O) groups is 2. The Morgan fingerprint density at radius 2 is 1.63 bits per heavy atom. The van der Waals surface area contributed by atoms with Crippen molar-refractivity contribution in [3.8, 4) is 0 Å². The molecule has 0 bridgehead atoms. The highest BCUT2D eigenvalue weighted by Crippen LogP contribution is 2.77. The van der Waals surface area contributed by atoms with Gasteiger partial charge in [-0.2, -0.15) is 0 Å². The number of hydrogen-bond acceptors (Lipinski definition) is 6. The van der Waals surface area contributed by atoms with E-state index in [2.05, 4.69) is 60.3 Å². The number of carbonyl (C=O) groups excluding carboxylic acids is 2. The lowest BCUT2D eigenvalue weighted by atomic mass is 9.33. The Morgan fingerprint density at radius 3 is 2.30 bits per heavy atom. The molecule has 4 saturated carbocycles. The first-order valence-electron chi connectivity index (χ1n) is 23.3. The number of allylic oxidation sites excluding steroid dienone is 4. The molecule has 0 aromatic heterocycles. The van der Waals surface area contributed by atoms with Crippen LogP contribution >= 0.6 is 11.6 Å². The molecule has 5 aliphatic carbocycles. The third-order valence-electron chi connectivity index (χ3n) is 17.4. The number of aliphatic hydroxyl groups excluding tert-OH is 1. The fourth-order valence-electron chi connectivity index (χ4n) is 14.3. The van der Waals surface area contributed by atoms with Crippen LogP contribution in [0.5, 0.6) is 0 Å². The summed E-state index contributed by atoms with van der Waals surface area (Å²) in [5.41, 5.74) is 6.97. The molecule has 7 heteroatoms. The third-order valence-corrected chi connectivity index (χ3v) is 17.7. The van der Waals surface area contributed by atoms with Crippen molar-refractivity contribution in [2.24, 2.45) is 56.2 Å². The number of Topliss-reactive ketones (excluding diaryl/α,β-unsaturated/α-hetero) is 1. The Kier molecular flexibility index (Phi) is 12.0. The van der Waals surface area contributed by atoms with Gasteiger partial charge in [-0.25, -0.2) is 0 Å². The monoisotopic (exact) mass is 843 g/mol. The summed E-state index contributed by atoms with van der Waals surface area (Å²) in [6, 6.07) is 7.92. The van der Waals surface area contributed by atoms with Gasteiger partial charge in [-0.05, 0) is 184 Å². The zero-order valence-electron chi connectivity index (χ0n) is 39.0. The lowest BCUT2D eigenvalue weighted by molar-refractivity contribution is -0.258. The molecule has 60 heavy (non-hydrogen) atoms. The van der Waals surface area contributed by atoms with E-state index in [0.29, 0.717) is 36.6 Å². The van der Waals surface area contributed by atoms with Gasteiger partial charge < -0.3 is 19.3 Å². The SMILES string of the molecule is CC(C)C1=C2C3CCC4C5(C)CCC(OC(O)CC(C)(C)C(=O)OC(C)(C)C)C(C)(C)C5CCC4(C)C3(C)CCC2(CCC2=C=CC(c3ccc(Cl)cc3)=CCO2)CC1=O. The van der Waals surface area contributed by atoms with E-state index in [1.165, 1.54) is 12.0 Å². The Balaban J connectivity index is 1.10. The number of rotatable bonds is 10. The lowest BCUT2D eigenvalue weighted by Gasteiger charge is -2.72. The molecule has 1 heterocycles. The van der Waals surface area contributed by atoms with Crippen molar-refractivity contribution in [2.45, 2.75) is 178 Å². The highest BCUT2D eigenvalue weighted by atomic mass is 35.5. The Bertz CT molecular complexity index is 1970. The van der Waals surface area contributed by atoms with Crippen molar-refractivity contribution in [1.82, 2.24) is 0 Å². The van der Waals surface area contributed by atoms with Crippen LogP contribution < -0.4 is 0 Å². The van der Waals surface area contributed by atoms with E-state index in [1.807, 2.05) is 65.0 Å². The summed E-state index contributed by atoms with van der Waals surface area (Å²) in [6.07, 6.45) is 14.3. The lowest BCUT2D eigenvalue weighted by Crippen LogP contribution is -2.65. The summed E-state index contributed by atoms with van der Waals surface area (Å²) in [4.78, 5) is 27.3. The van der Waals surface area contributed by atoms with E-state index < -0.39 is 17.3 Å². The number of aliphatic hydroxyl groups is 1. The summed E-state index contributed by atoms with van der Waals surface area (Å²) in [5.74, 6) is 2.55. The van der Waals surface area contributed by atoms with Crippen LogP contribution in [0.1, 0.15) is 166 Å². The average Bonchev–Trinajstić information content (AvgIpc) is 3.26. The van der Waals surface area contributed by atoms with Crippen LogP contribution in [0.3, 0.4) is 0 Å². The molecule has 330 valence electrons. The van der Waals surface area contributed by atoms with E-state index in [0.717, 1.165) is 85.3 Å². The van der Waals surface area contributed by atoms with Crippen molar-refractivity contribution in [3.63, 3.8) is 0 Å². The van der Waals surface area contributed by atoms with Crippen LogP contribution in [-0.4, -0.2) is 41.5 Å². The van der Waals surface area contributed by atoms with Gasteiger partial charge in [0.15, 0.2) is 12.1 Å². The average molecular weight is 844 g/mol. The second-order valence-corrected chi connectivity index (χ2v) is 23.6. The van der Waals surface area contributed by atoms with Crippen LogP contribution in [-0.2, 0) is 23.8 Å². The van der Waals surface area contributed by atoms with Crippen molar-refractivity contribution in [3.05, 3.63) is 69.6 Å². The highest BCUT2D eigenvalue weighted by molar-refractivity contribution is 6.30. The Labute approximate surface area is 367 Å². The van der Waals surface area contributed by atoms with E-state index in [9.17, 15) is 14.7 Å². The van der Waals surface area contributed by atoms with Gasteiger partial charge in [0.05, 0.1) is 11.5 Å². The van der Waals surface area contributed by atoms with Crippen LogP contribution in [0.25, 0.3) is 5.57 Å². The third kappa shape index (κ3) is 7.85. The molecule has 1 aliphatic heterocycles. The minimum Gasteiger partial charge on any atom is -0.486 e. The number of halogens is 1. The largest absolute Gasteiger partial charge is 0.486 e. The number of hydrogen-bond donors (Lipinski definition) is 1. The van der Waals surface area contributed by atoms with E-state index in [1.54, 1.807) is 0 Å². The number of ether oxygens (including phenoxy) is 3. The zero-order chi connectivity index (χ0) is 43.8. The van der Waals surface area contributed by atoms with Gasteiger partial charge in [0.1, 0.15) is 18.0 Å². The van der Waals surface area contributed by atoms with Gasteiger partial charge in [-0.15, -0.1) is 0 Å². The molecule has 6 aliphatic rings. The van der Waals surface area contributed by atoms with Gasteiger partial charge in [0.2, 0.25) is 0 Å². The fourth-order valence-corrected chi connectivity index (χ4v) is 14.4. The quantitative estimate of drug-likeness (QED) is 0.144. The number of ketones is 1. The first kappa shape index (κ1) is 45.4. The molecule has 1 aromatic carbocycles. The second kappa shape index (κ2) is 15.9. The molecule has 4 fully saturated rings. The van der Waals surface area contributed by atoms with Gasteiger partial charge in [-0.3, -0.25) is 9.59 Å². The first-order chi connectivity index (χ1) is 27.9. The van der Waals surface area contributed by atoms with Crippen LogP contribution in [0.15, 0.2) is 59.1 Å². The van der Waals surface area contributed by atoms with Gasteiger partial charge in [0.25, 0.3) is 0 Å².